The van der Waals surface area contributed by atoms with Crippen LogP contribution >= 0.6 is 35.3 Å². The lowest BCUT2D eigenvalue weighted by Crippen LogP contribution is -2.50. The fourth-order valence-electron chi connectivity index (χ4n) is 3.27. The second kappa shape index (κ2) is 10.6. The molecule has 1 saturated heterocycles. The second-order valence-electron chi connectivity index (χ2n) is 6.59. The van der Waals surface area contributed by atoms with Crippen molar-refractivity contribution in [3.63, 3.8) is 0 Å². The zero-order valence-electron chi connectivity index (χ0n) is 16.0. The van der Waals surface area contributed by atoms with Gasteiger partial charge in [-0.2, -0.15) is 0 Å². The van der Waals surface area contributed by atoms with Crippen molar-refractivity contribution in [2.24, 2.45) is 10.9 Å². The van der Waals surface area contributed by atoms with Crippen molar-refractivity contribution in [3.05, 3.63) is 36.2 Å². The second-order valence-corrected chi connectivity index (χ2v) is 9.53. The SMILES string of the molecule is CN=C(NCCNS(=O)(=O)c1cccs1)N1CCC(C)C(n2ccnc2)C1.I. The van der Waals surface area contributed by atoms with E-state index in [4.69, 9.17) is 0 Å². The molecule has 0 aromatic carbocycles. The first kappa shape index (κ1) is 23.1. The molecule has 0 amide bonds. The summed E-state index contributed by atoms with van der Waals surface area (Å²) in [7, 11) is -1.67. The Morgan fingerprint density at radius 2 is 2.25 bits per heavy atom. The summed E-state index contributed by atoms with van der Waals surface area (Å²) in [5.74, 6) is 1.36. The number of aromatic nitrogens is 2. The molecule has 2 aromatic heterocycles. The summed E-state index contributed by atoms with van der Waals surface area (Å²) in [4.78, 5) is 10.7. The monoisotopic (exact) mass is 538 g/mol. The summed E-state index contributed by atoms with van der Waals surface area (Å²) in [5, 5.41) is 5.02. The zero-order valence-corrected chi connectivity index (χ0v) is 19.9. The Labute approximate surface area is 187 Å². The number of hydrogen-bond acceptors (Lipinski definition) is 5. The molecule has 3 rings (SSSR count). The van der Waals surface area contributed by atoms with E-state index in [1.807, 2.05) is 12.5 Å². The van der Waals surface area contributed by atoms with Gasteiger partial charge in [0.1, 0.15) is 4.21 Å². The van der Waals surface area contributed by atoms with Crippen LogP contribution in [0, 0.1) is 5.92 Å². The van der Waals surface area contributed by atoms with E-state index < -0.39 is 10.0 Å². The molecule has 2 unspecified atom stereocenters. The fraction of sp³-hybridized carbons (Fsp3) is 0.529. The molecule has 0 spiro atoms. The highest BCUT2D eigenvalue weighted by molar-refractivity contribution is 14.0. The lowest BCUT2D eigenvalue weighted by Gasteiger charge is -2.39. The van der Waals surface area contributed by atoms with Crippen molar-refractivity contribution < 1.29 is 8.42 Å². The third-order valence-corrected chi connectivity index (χ3v) is 7.66. The largest absolute Gasteiger partial charge is 0.355 e. The average Bonchev–Trinajstić information content (AvgIpc) is 3.37. The minimum atomic E-state index is -3.43. The Hall–Kier alpha value is -1.18. The Morgan fingerprint density at radius 3 is 2.89 bits per heavy atom. The Kier molecular flexibility index (Phi) is 8.71. The lowest BCUT2D eigenvalue weighted by molar-refractivity contribution is 0.189. The molecule has 1 aliphatic heterocycles. The number of nitrogens with one attached hydrogen (secondary N) is 2. The van der Waals surface area contributed by atoms with Gasteiger partial charge in [0.2, 0.25) is 10.0 Å². The van der Waals surface area contributed by atoms with Crippen LogP contribution in [0.4, 0.5) is 0 Å². The van der Waals surface area contributed by atoms with E-state index in [1.165, 1.54) is 11.3 Å². The van der Waals surface area contributed by atoms with Gasteiger partial charge in [-0.25, -0.2) is 18.1 Å². The van der Waals surface area contributed by atoms with Crippen LogP contribution in [0.1, 0.15) is 19.4 Å². The van der Waals surface area contributed by atoms with Crippen LogP contribution in [0.3, 0.4) is 0 Å². The minimum absolute atomic E-state index is 0. The summed E-state index contributed by atoms with van der Waals surface area (Å²) >= 11 is 1.21. The molecule has 0 bridgehead atoms. The molecule has 28 heavy (non-hydrogen) atoms. The first-order valence-electron chi connectivity index (χ1n) is 8.97. The molecule has 0 saturated carbocycles. The van der Waals surface area contributed by atoms with E-state index >= 15 is 0 Å². The highest BCUT2D eigenvalue weighted by Crippen LogP contribution is 2.27. The third-order valence-electron chi connectivity index (χ3n) is 4.80. The topological polar surface area (TPSA) is 91.6 Å². The number of halogens is 1. The van der Waals surface area contributed by atoms with Gasteiger partial charge in [-0.15, -0.1) is 35.3 Å². The molecule has 2 N–H and O–H groups in total. The smallest absolute Gasteiger partial charge is 0.250 e. The quantitative estimate of drug-likeness (QED) is 0.254. The van der Waals surface area contributed by atoms with Crippen LogP contribution in [-0.4, -0.2) is 62.1 Å². The average molecular weight is 538 g/mol. The van der Waals surface area contributed by atoms with Gasteiger partial charge in [0.25, 0.3) is 0 Å². The molecular weight excluding hydrogens is 511 g/mol. The van der Waals surface area contributed by atoms with Crippen LogP contribution in [0.25, 0.3) is 0 Å². The minimum Gasteiger partial charge on any atom is -0.355 e. The van der Waals surface area contributed by atoms with Crippen molar-refractivity contribution in [2.75, 3.05) is 33.2 Å². The highest BCUT2D eigenvalue weighted by Gasteiger charge is 2.28. The molecule has 8 nitrogen and oxygen atoms in total. The van der Waals surface area contributed by atoms with Gasteiger partial charge in [-0.1, -0.05) is 13.0 Å². The molecule has 2 aromatic rings. The number of imidazole rings is 1. The Bertz CT molecular complexity index is 839. The normalized spacial score (nSPS) is 20.6. The molecule has 2 atom stereocenters. The number of aliphatic imine (C=N–C) groups is 1. The number of piperidine rings is 1. The summed E-state index contributed by atoms with van der Waals surface area (Å²) < 4.78 is 29.4. The number of thiophene rings is 1. The third kappa shape index (κ3) is 5.67. The van der Waals surface area contributed by atoms with Crippen molar-refractivity contribution in [2.45, 2.75) is 23.6 Å². The molecular formula is C17H27IN6O2S2. The Morgan fingerprint density at radius 1 is 1.43 bits per heavy atom. The Balaban J connectivity index is 0.00000280. The van der Waals surface area contributed by atoms with Gasteiger partial charge < -0.3 is 14.8 Å². The van der Waals surface area contributed by atoms with Crippen molar-refractivity contribution >= 4 is 51.3 Å². The van der Waals surface area contributed by atoms with E-state index in [1.54, 1.807) is 30.8 Å². The summed E-state index contributed by atoms with van der Waals surface area (Å²) in [6.45, 7) is 4.80. The summed E-state index contributed by atoms with van der Waals surface area (Å²) in [5.41, 5.74) is 0. The van der Waals surface area contributed by atoms with Crippen LogP contribution in [0.15, 0.2) is 45.4 Å². The van der Waals surface area contributed by atoms with Crippen molar-refractivity contribution in [1.29, 1.82) is 0 Å². The molecule has 3 heterocycles. The zero-order chi connectivity index (χ0) is 19.3. The maximum atomic E-state index is 12.1. The van der Waals surface area contributed by atoms with Gasteiger partial charge in [0.05, 0.1) is 12.4 Å². The first-order valence-corrected chi connectivity index (χ1v) is 11.3. The predicted octanol–water partition coefficient (Wildman–Crippen LogP) is 2.00. The van der Waals surface area contributed by atoms with Gasteiger partial charge in [0, 0.05) is 45.6 Å². The van der Waals surface area contributed by atoms with Gasteiger partial charge in [0.15, 0.2) is 5.96 Å². The van der Waals surface area contributed by atoms with E-state index in [0.29, 0.717) is 29.3 Å². The summed E-state index contributed by atoms with van der Waals surface area (Å²) in [6, 6.07) is 3.68. The summed E-state index contributed by atoms with van der Waals surface area (Å²) in [6.07, 6.45) is 6.73. The van der Waals surface area contributed by atoms with Crippen LogP contribution in [-0.2, 0) is 10.0 Å². The van der Waals surface area contributed by atoms with Gasteiger partial charge in [-0.3, -0.25) is 4.99 Å². The van der Waals surface area contributed by atoms with E-state index in [0.717, 1.165) is 25.5 Å². The van der Waals surface area contributed by atoms with Crippen molar-refractivity contribution in [1.82, 2.24) is 24.5 Å². The van der Waals surface area contributed by atoms with Crippen LogP contribution in [0.2, 0.25) is 0 Å². The van der Waals surface area contributed by atoms with E-state index in [-0.39, 0.29) is 24.0 Å². The van der Waals surface area contributed by atoms with E-state index in [9.17, 15) is 8.42 Å². The molecule has 1 fully saturated rings. The molecule has 0 aliphatic carbocycles. The number of rotatable bonds is 6. The van der Waals surface area contributed by atoms with E-state index in [2.05, 4.69) is 36.4 Å². The standard InChI is InChI=1S/C17H26N6O2S2.HI/c1-14-5-9-22(12-15(14)23-10-8-19-13-23)17(18-2)20-6-7-21-27(24,25)16-4-3-11-26-16;/h3-4,8,10-11,13-15,21H,5-7,9,12H2,1-2H3,(H,18,20);1H. The van der Waals surface area contributed by atoms with Crippen molar-refractivity contribution in [3.8, 4) is 0 Å². The molecule has 1 aliphatic rings. The number of hydrogen-bond donors (Lipinski definition) is 2. The maximum Gasteiger partial charge on any atom is 0.250 e. The van der Waals surface area contributed by atoms with Crippen LogP contribution in [0.5, 0.6) is 0 Å². The molecule has 0 radical (unpaired) electrons. The molecule has 156 valence electrons. The fourth-order valence-corrected chi connectivity index (χ4v) is 5.34. The highest BCUT2D eigenvalue weighted by atomic mass is 127. The van der Waals surface area contributed by atoms with Gasteiger partial charge in [-0.05, 0) is 23.8 Å². The number of guanidine groups is 1. The predicted molar refractivity (Wildman–Crippen MR) is 123 cm³/mol. The number of likely N-dealkylation sites (tertiary alicyclic amines) is 1. The molecule has 11 heteroatoms. The maximum absolute atomic E-state index is 12.1. The lowest BCUT2D eigenvalue weighted by atomic mass is 9.93. The first-order chi connectivity index (χ1) is 13.0. The number of nitrogens with zero attached hydrogens (tertiary/aromatic N) is 4. The number of sulfonamides is 1. The van der Waals surface area contributed by atoms with Gasteiger partial charge >= 0.3 is 0 Å². The van der Waals surface area contributed by atoms with Crippen LogP contribution < -0.4 is 10.0 Å².